The molecule has 0 atom stereocenters. The minimum Gasteiger partial charge on any atom is -0.340 e. The highest BCUT2D eigenvalue weighted by molar-refractivity contribution is 5.86. The van der Waals surface area contributed by atoms with Crippen LogP contribution in [0.3, 0.4) is 0 Å². The fourth-order valence-electron chi connectivity index (χ4n) is 2.52. The third-order valence-electron chi connectivity index (χ3n) is 3.65. The van der Waals surface area contributed by atoms with Crippen LogP contribution in [-0.2, 0) is 6.54 Å². The zero-order valence-corrected chi connectivity index (χ0v) is 12.2. The predicted molar refractivity (Wildman–Crippen MR) is 88.4 cm³/mol. The van der Waals surface area contributed by atoms with Gasteiger partial charge < -0.3 is 5.32 Å². The number of fused-ring (bicyclic) bond motifs is 1. The Hall–Kier alpha value is -3.08. The maximum atomic E-state index is 13.3. The molecule has 23 heavy (non-hydrogen) atoms. The number of halogens is 1. The second-order valence-electron chi connectivity index (χ2n) is 5.28. The van der Waals surface area contributed by atoms with Crippen LogP contribution in [0.15, 0.2) is 59.7 Å². The highest BCUT2D eigenvalue weighted by Crippen LogP contribution is 2.23. The van der Waals surface area contributed by atoms with Crippen molar-refractivity contribution in [2.24, 2.45) is 4.99 Å². The van der Waals surface area contributed by atoms with Crippen molar-refractivity contribution in [3.8, 4) is 11.4 Å². The van der Waals surface area contributed by atoms with Gasteiger partial charge in [-0.1, -0.05) is 18.2 Å². The number of rotatable bonds is 3. The van der Waals surface area contributed by atoms with Gasteiger partial charge in [-0.2, -0.15) is 0 Å². The lowest BCUT2D eigenvalue weighted by molar-refractivity contribution is 0.628. The summed E-state index contributed by atoms with van der Waals surface area (Å²) in [6, 6.07) is 14.1. The van der Waals surface area contributed by atoms with Crippen molar-refractivity contribution >= 4 is 17.7 Å². The van der Waals surface area contributed by atoms with E-state index in [2.05, 4.69) is 26.3 Å². The van der Waals surface area contributed by atoms with Crippen LogP contribution in [0.1, 0.15) is 11.1 Å². The minimum absolute atomic E-state index is 0.303. The van der Waals surface area contributed by atoms with Gasteiger partial charge in [0.05, 0.1) is 6.54 Å². The van der Waals surface area contributed by atoms with E-state index in [9.17, 15) is 4.39 Å². The third-order valence-corrected chi connectivity index (χ3v) is 3.65. The summed E-state index contributed by atoms with van der Waals surface area (Å²) < 4.78 is 13.3. The van der Waals surface area contributed by atoms with E-state index in [1.807, 2.05) is 18.3 Å². The molecule has 3 aromatic rings. The number of hydrogen-bond donors (Lipinski definition) is 1. The van der Waals surface area contributed by atoms with Gasteiger partial charge in [0.25, 0.3) is 0 Å². The van der Waals surface area contributed by atoms with E-state index in [1.54, 1.807) is 24.4 Å². The summed E-state index contributed by atoms with van der Waals surface area (Å²) >= 11 is 0. The topological polar surface area (TPSA) is 50.2 Å². The molecule has 5 heteroatoms. The molecule has 2 heterocycles. The molecule has 1 N–H and O–H groups in total. The number of benzene rings is 2. The van der Waals surface area contributed by atoms with E-state index in [1.165, 1.54) is 17.7 Å². The van der Waals surface area contributed by atoms with Crippen LogP contribution in [0.25, 0.3) is 11.4 Å². The third kappa shape index (κ3) is 2.81. The van der Waals surface area contributed by atoms with Crippen molar-refractivity contribution in [1.29, 1.82) is 0 Å². The van der Waals surface area contributed by atoms with Crippen LogP contribution >= 0.6 is 0 Å². The second kappa shape index (κ2) is 5.61. The lowest BCUT2D eigenvalue weighted by Gasteiger charge is -2.08. The van der Waals surface area contributed by atoms with Crippen molar-refractivity contribution in [2.45, 2.75) is 6.54 Å². The van der Waals surface area contributed by atoms with E-state index in [-0.39, 0.29) is 5.82 Å². The summed E-state index contributed by atoms with van der Waals surface area (Å²) in [6.07, 6.45) is 3.53. The summed E-state index contributed by atoms with van der Waals surface area (Å²) in [7, 11) is 0. The molecule has 4 rings (SSSR count). The SMILES string of the molecule is Fc1cccc(-c2nccc(Nc3ccc4c(c3)C=NC4)n2)c1. The fraction of sp³-hybridized carbons (Fsp3) is 0.0556. The van der Waals surface area contributed by atoms with E-state index >= 15 is 0 Å². The largest absolute Gasteiger partial charge is 0.340 e. The van der Waals surface area contributed by atoms with Gasteiger partial charge in [0, 0.05) is 23.7 Å². The number of aliphatic imine (C=N–C) groups is 1. The Balaban J connectivity index is 1.63. The Morgan fingerprint density at radius 1 is 1.04 bits per heavy atom. The van der Waals surface area contributed by atoms with Crippen molar-refractivity contribution in [3.05, 3.63) is 71.7 Å². The Kier molecular flexibility index (Phi) is 3.31. The first-order valence-corrected chi connectivity index (χ1v) is 7.27. The van der Waals surface area contributed by atoms with E-state index in [4.69, 9.17) is 0 Å². The first-order valence-electron chi connectivity index (χ1n) is 7.27. The molecule has 2 aromatic carbocycles. The quantitative estimate of drug-likeness (QED) is 0.797. The average Bonchev–Trinajstić information content (AvgIpc) is 3.03. The average molecular weight is 304 g/mol. The van der Waals surface area contributed by atoms with E-state index in [0.29, 0.717) is 17.2 Å². The van der Waals surface area contributed by atoms with Crippen LogP contribution in [0, 0.1) is 5.82 Å². The van der Waals surface area contributed by atoms with Gasteiger partial charge in [-0.05, 0) is 41.5 Å². The Morgan fingerprint density at radius 3 is 2.91 bits per heavy atom. The van der Waals surface area contributed by atoms with E-state index in [0.717, 1.165) is 17.8 Å². The molecular formula is C18H13FN4. The maximum absolute atomic E-state index is 13.3. The van der Waals surface area contributed by atoms with Gasteiger partial charge in [-0.25, -0.2) is 14.4 Å². The summed E-state index contributed by atoms with van der Waals surface area (Å²) in [5, 5.41) is 3.25. The second-order valence-corrected chi connectivity index (χ2v) is 5.28. The van der Waals surface area contributed by atoms with Crippen molar-refractivity contribution < 1.29 is 4.39 Å². The molecule has 0 aliphatic carbocycles. The van der Waals surface area contributed by atoms with Gasteiger partial charge in [0.15, 0.2) is 5.82 Å². The number of aromatic nitrogens is 2. The fourth-order valence-corrected chi connectivity index (χ4v) is 2.52. The zero-order valence-electron chi connectivity index (χ0n) is 12.2. The van der Waals surface area contributed by atoms with Crippen molar-refractivity contribution in [3.63, 3.8) is 0 Å². The molecule has 0 unspecified atom stereocenters. The number of nitrogens with zero attached hydrogens (tertiary/aromatic N) is 3. The number of anilines is 2. The molecule has 0 fully saturated rings. The normalized spacial score (nSPS) is 12.2. The molecule has 0 saturated carbocycles. The van der Waals surface area contributed by atoms with Crippen LogP contribution in [0.2, 0.25) is 0 Å². The Morgan fingerprint density at radius 2 is 2.00 bits per heavy atom. The van der Waals surface area contributed by atoms with Crippen LogP contribution < -0.4 is 5.32 Å². The number of nitrogens with one attached hydrogen (secondary N) is 1. The monoisotopic (exact) mass is 304 g/mol. The van der Waals surface area contributed by atoms with Gasteiger partial charge in [-0.3, -0.25) is 4.99 Å². The van der Waals surface area contributed by atoms with E-state index < -0.39 is 0 Å². The molecule has 4 nitrogen and oxygen atoms in total. The van der Waals surface area contributed by atoms with Gasteiger partial charge >= 0.3 is 0 Å². The van der Waals surface area contributed by atoms with Crippen molar-refractivity contribution in [1.82, 2.24) is 9.97 Å². The van der Waals surface area contributed by atoms with Gasteiger partial charge in [0.2, 0.25) is 0 Å². The molecule has 0 bridgehead atoms. The molecule has 0 saturated heterocycles. The summed E-state index contributed by atoms with van der Waals surface area (Å²) in [5.41, 5.74) is 3.92. The highest BCUT2D eigenvalue weighted by atomic mass is 19.1. The standard InChI is InChI=1S/C18H13FN4/c19-15-3-1-2-12(8-15)18-21-7-6-17(23-18)22-16-5-4-13-10-20-11-14(13)9-16/h1-9,11H,10H2,(H,21,22,23). The van der Waals surface area contributed by atoms with Gasteiger partial charge in [0.1, 0.15) is 11.6 Å². The van der Waals surface area contributed by atoms with Gasteiger partial charge in [-0.15, -0.1) is 0 Å². The molecular weight excluding hydrogens is 291 g/mol. The molecule has 0 amide bonds. The lowest BCUT2D eigenvalue weighted by Crippen LogP contribution is -1.98. The van der Waals surface area contributed by atoms with Crippen LogP contribution in [0.5, 0.6) is 0 Å². The highest BCUT2D eigenvalue weighted by Gasteiger charge is 2.08. The summed E-state index contributed by atoms with van der Waals surface area (Å²) in [4.78, 5) is 12.9. The molecule has 0 spiro atoms. The maximum Gasteiger partial charge on any atom is 0.161 e. The predicted octanol–water partition coefficient (Wildman–Crippen LogP) is 3.96. The molecule has 0 radical (unpaired) electrons. The molecule has 1 aliphatic rings. The Labute approximate surface area is 132 Å². The van der Waals surface area contributed by atoms with Crippen LogP contribution in [0.4, 0.5) is 15.9 Å². The number of hydrogen-bond acceptors (Lipinski definition) is 4. The zero-order chi connectivity index (χ0) is 15.6. The molecule has 1 aliphatic heterocycles. The minimum atomic E-state index is -0.303. The first-order chi connectivity index (χ1) is 11.3. The van der Waals surface area contributed by atoms with Crippen molar-refractivity contribution in [2.75, 3.05) is 5.32 Å². The summed E-state index contributed by atoms with van der Waals surface area (Å²) in [6.45, 7) is 0.743. The summed E-state index contributed by atoms with van der Waals surface area (Å²) in [5.74, 6) is 0.841. The lowest BCUT2D eigenvalue weighted by atomic mass is 10.1. The molecule has 1 aromatic heterocycles. The Bertz CT molecular complexity index is 905. The molecule has 112 valence electrons. The van der Waals surface area contributed by atoms with Crippen LogP contribution in [-0.4, -0.2) is 16.2 Å². The first kappa shape index (κ1) is 13.6. The smallest absolute Gasteiger partial charge is 0.161 e.